The molecule has 3 nitrogen and oxygen atoms in total. The van der Waals surface area contributed by atoms with Crippen LogP contribution in [0.15, 0.2) is 60.7 Å². The maximum atomic E-state index is 11.9. The molecule has 0 bridgehead atoms. The van der Waals surface area contributed by atoms with E-state index in [0.29, 0.717) is 12.5 Å². The fourth-order valence-corrected chi connectivity index (χ4v) is 2.51. The number of para-hydroxylation sites is 1. The Morgan fingerprint density at radius 2 is 1.64 bits per heavy atom. The summed E-state index contributed by atoms with van der Waals surface area (Å²) in [6.07, 6.45) is 2.81. The van der Waals surface area contributed by atoms with Crippen molar-refractivity contribution >= 4 is 11.6 Å². The number of nitrogens with zero attached hydrogens (tertiary/aromatic N) is 1. The lowest BCUT2D eigenvalue weighted by molar-refractivity contribution is -0.121. The van der Waals surface area contributed by atoms with Crippen molar-refractivity contribution in [3.63, 3.8) is 0 Å². The first-order valence-electron chi connectivity index (χ1n) is 7.94. The number of benzene rings is 2. The molecule has 1 saturated carbocycles. The fourth-order valence-electron chi connectivity index (χ4n) is 2.51. The Morgan fingerprint density at radius 3 is 2.27 bits per heavy atom. The lowest BCUT2D eigenvalue weighted by Gasteiger charge is -2.25. The van der Waals surface area contributed by atoms with Gasteiger partial charge in [-0.05, 0) is 30.5 Å². The van der Waals surface area contributed by atoms with Crippen LogP contribution in [0.25, 0.3) is 0 Å². The zero-order chi connectivity index (χ0) is 15.2. The second kappa shape index (κ2) is 7.12. The molecule has 2 aromatic rings. The van der Waals surface area contributed by atoms with Crippen LogP contribution in [0.1, 0.15) is 24.8 Å². The predicted molar refractivity (Wildman–Crippen MR) is 89.7 cm³/mol. The van der Waals surface area contributed by atoms with Crippen LogP contribution in [0.2, 0.25) is 0 Å². The molecule has 0 radical (unpaired) electrons. The van der Waals surface area contributed by atoms with Crippen LogP contribution in [0.4, 0.5) is 5.69 Å². The van der Waals surface area contributed by atoms with Crippen molar-refractivity contribution in [3.05, 3.63) is 66.2 Å². The second-order valence-electron chi connectivity index (χ2n) is 5.83. The molecule has 1 fully saturated rings. The molecule has 3 heteroatoms. The Hall–Kier alpha value is -2.29. The average molecular weight is 294 g/mol. The Labute approximate surface area is 132 Å². The van der Waals surface area contributed by atoms with Crippen molar-refractivity contribution in [3.8, 4) is 0 Å². The number of carbonyl (C=O) groups excluding carboxylic acids is 1. The molecule has 1 aliphatic rings. The molecule has 22 heavy (non-hydrogen) atoms. The Morgan fingerprint density at radius 1 is 1.00 bits per heavy atom. The van der Waals surface area contributed by atoms with E-state index in [2.05, 4.69) is 46.6 Å². The van der Waals surface area contributed by atoms with Crippen molar-refractivity contribution in [2.75, 3.05) is 11.4 Å². The molecular weight excluding hydrogens is 272 g/mol. The third kappa shape index (κ3) is 4.35. The molecule has 1 N–H and O–H groups in total. The molecule has 0 atom stereocenters. The normalized spacial score (nSPS) is 13.6. The smallest absolute Gasteiger partial charge is 0.221 e. The van der Waals surface area contributed by atoms with Gasteiger partial charge in [0.25, 0.3) is 0 Å². The zero-order valence-electron chi connectivity index (χ0n) is 12.7. The SMILES string of the molecule is O=C(CCN(Cc1ccccc1)c1ccccc1)NC1CC1. The number of carbonyl (C=O) groups is 1. The lowest BCUT2D eigenvalue weighted by atomic mass is 10.2. The quantitative estimate of drug-likeness (QED) is 0.849. The van der Waals surface area contributed by atoms with Crippen LogP contribution >= 0.6 is 0 Å². The molecule has 1 aliphatic carbocycles. The molecule has 0 aliphatic heterocycles. The summed E-state index contributed by atoms with van der Waals surface area (Å²) in [5.41, 5.74) is 2.42. The predicted octanol–water partition coefficient (Wildman–Crippen LogP) is 3.36. The largest absolute Gasteiger partial charge is 0.367 e. The minimum atomic E-state index is 0.163. The summed E-state index contributed by atoms with van der Waals surface area (Å²) in [7, 11) is 0. The Kier molecular flexibility index (Phi) is 4.74. The zero-order valence-corrected chi connectivity index (χ0v) is 12.7. The molecule has 0 aromatic heterocycles. The van der Waals surface area contributed by atoms with Gasteiger partial charge in [0.1, 0.15) is 0 Å². The third-order valence-electron chi connectivity index (χ3n) is 3.89. The Balaban J connectivity index is 1.64. The summed E-state index contributed by atoms with van der Waals surface area (Å²) in [5, 5.41) is 3.06. The van der Waals surface area contributed by atoms with Gasteiger partial charge < -0.3 is 10.2 Å². The van der Waals surface area contributed by atoms with Crippen molar-refractivity contribution < 1.29 is 4.79 Å². The van der Waals surface area contributed by atoms with Crippen molar-refractivity contribution in [1.82, 2.24) is 5.32 Å². The number of hydrogen-bond acceptors (Lipinski definition) is 2. The van der Waals surface area contributed by atoms with E-state index < -0.39 is 0 Å². The summed E-state index contributed by atoms with van der Waals surface area (Å²) in [4.78, 5) is 14.2. The molecular formula is C19H22N2O. The Bertz CT molecular complexity index is 593. The van der Waals surface area contributed by atoms with Crippen molar-refractivity contribution in [2.45, 2.75) is 31.8 Å². The molecule has 114 valence electrons. The first-order chi connectivity index (χ1) is 10.8. The standard InChI is InChI=1S/C19H22N2O/c22-19(20-17-11-12-17)13-14-21(18-9-5-2-6-10-18)15-16-7-3-1-4-8-16/h1-10,17H,11-15H2,(H,20,22). The van der Waals surface area contributed by atoms with Crippen LogP contribution < -0.4 is 10.2 Å². The molecule has 3 rings (SSSR count). The van der Waals surface area contributed by atoms with Gasteiger partial charge in [0, 0.05) is 31.2 Å². The van der Waals surface area contributed by atoms with Gasteiger partial charge >= 0.3 is 0 Å². The highest BCUT2D eigenvalue weighted by Crippen LogP contribution is 2.20. The lowest BCUT2D eigenvalue weighted by Crippen LogP contribution is -2.31. The molecule has 0 heterocycles. The summed E-state index contributed by atoms with van der Waals surface area (Å²) >= 11 is 0. The number of nitrogens with one attached hydrogen (secondary N) is 1. The maximum Gasteiger partial charge on any atom is 0.221 e. The molecule has 0 spiro atoms. The summed E-state index contributed by atoms with van der Waals surface area (Å²) in [6, 6.07) is 21.1. The van der Waals surface area contributed by atoms with Crippen LogP contribution in [-0.2, 0) is 11.3 Å². The van der Waals surface area contributed by atoms with Gasteiger partial charge in [-0.15, -0.1) is 0 Å². The van der Waals surface area contributed by atoms with E-state index in [-0.39, 0.29) is 5.91 Å². The van der Waals surface area contributed by atoms with Gasteiger partial charge in [-0.1, -0.05) is 48.5 Å². The molecule has 1 amide bonds. The van der Waals surface area contributed by atoms with E-state index >= 15 is 0 Å². The third-order valence-corrected chi connectivity index (χ3v) is 3.89. The van der Waals surface area contributed by atoms with E-state index in [0.717, 1.165) is 31.6 Å². The first-order valence-corrected chi connectivity index (χ1v) is 7.94. The summed E-state index contributed by atoms with van der Waals surface area (Å²) in [5.74, 6) is 0.163. The summed E-state index contributed by atoms with van der Waals surface area (Å²) < 4.78 is 0. The van der Waals surface area contributed by atoms with Crippen LogP contribution in [0.5, 0.6) is 0 Å². The van der Waals surface area contributed by atoms with Crippen LogP contribution in [0.3, 0.4) is 0 Å². The fraction of sp³-hybridized carbons (Fsp3) is 0.316. The van der Waals surface area contributed by atoms with Gasteiger partial charge in [0.05, 0.1) is 0 Å². The van der Waals surface area contributed by atoms with Gasteiger partial charge in [-0.2, -0.15) is 0 Å². The first kappa shape index (κ1) is 14.6. The van der Waals surface area contributed by atoms with E-state index in [1.165, 1.54) is 5.56 Å². The van der Waals surface area contributed by atoms with Gasteiger partial charge in [0.2, 0.25) is 5.91 Å². The van der Waals surface area contributed by atoms with E-state index in [1.807, 2.05) is 24.3 Å². The van der Waals surface area contributed by atoms with Crippen molar-refractivity contribution in [1.29, 1.82) is 0 Å². The monoisotopic (exact) mass is 294 g/mol. The van der Waals surface area contributed by atoms with Gasteiger partial charge in [-0.25, -0.2) is 0 Å². The highest BCUT2D eigenvalue weighted by Gasteiger charge is 2.23. The second-order valence-corrected chi connectivity index (χ2v) is 5.83. The van der Waals surface area contributed by atoms with Gasteiger partial charge in [-0.3, -0.25) is 4.79 Å². The van der Waals surface area contributed by atoms with E-state index in [4.69, 9.17) is 0 Å². The topological polar surface area (TPSA) is 32.3 Å². The van der Waals surface area contributed by atoms with Crippen molar-refractivity contribution in [2.24, 2.45) is 0 Å². The minimum Gasteiger partial charge on any atom is -0.367 e. The van der Waals surface area contributed by atoms with Gasteiger partial charge in [0.15, 0.2) is 0 Å². The number of anilines is 1. The number of hydrogen-bond donors (Lipinski definition) is 1. The summed E-state index contributed by atoms with van der Waals surface area (Å²) in [6.45, 7) is 1.55. The van der Waals surface area contributed by atoms with Crippen LogP contribution in [0, 0.1) is 0 Å². The average Bonchev–Trinajstić information content (AvgIpc) is 3.37. The molecule has 0 unspecified atom stereocenters. The molecule has 2 aromatic carbocycles. The van der Waals surface area contributed by atoms with E-state index in [9.17, 15) is 4.79 Å². The highest BCUT2D eigenvalue weighted by molar-refractivity contribution is 5.77. The molecule has 0 saturated heterocycles. The number of rotatable bonds is 7. The van der Waals surface area contributed by atoms with E-state index in [1.54, 1.807) is 0 Å². The minimum absolute atomic E-state index is 0.163. The maximum absolute atomic E-state index is 11.9. The highest BCUT2D eigenvalue weighted by atomic mass is 16.1. The number of amides is 1. The van der Waals surface area contributed by atoms with Crippen LogP contribution in [-0.4, -0.2) is 18.5 Å².